The van der Waals surface area contributed by atoms with E-state index < -0.39 is 0 Å². The molecule has 1 saturated heterocycles. The van der Waals surface area contributed by atoms with Gasteiger partial charge in [-0.25, -0.2) is 4.98 Å². The highest BCUT2D eigenvalue weighted by Gasteiger charge is 2.32. The number of rotatable bonds is 6. The third kappa shape index (κ3) is 3.01. The summed E-state index contributed by atoms with van der Waals surface area (Å²) in [6.07, 6.45) is 10.4. The number of thiazole rings is 1. The molecule has 0 radical (unpaired) electrons. The summed E-state index contributed by atoms with van der Waals surface area (Å²) in [5.74, 6) is 0.810. The summed E-state index contributed by atoms with van der Waals surface area (Å²) in [5.41, 5.74) is 0. The Bertz CT molecular complexity index is 430. The largest absolute Gasteiger partial charge is 0.313 e. The normalized spacial score (nSPS) is 27.3. The summed E-state index contributed by atoms with van der Waals surface area (Å²) in [4.78, 5) is 8.80. The maximum atomic E-state index is 4.62. The van der Waals surface area contributed by atoms with Gasteiger partial charge in [-0.15, -0.1) is 11.3 Å². The van der Waals surface area contributed by atoms with Gasteiger partial charge in [-0.2, -0.15) is 0 Å². The summed E-state index contributed by atoms with van der Waals surface area (Å²) in [5, 5.41) is 5.03. The van der Waals surface area contributed by atoms with E-state index in [1.807, 2.05) is 11.3 Å². The zero-order valence-corrected chi connectivity index (χ0v) is 12.3. The van der Waals surface area contributed by atoms with Crippen molar-refractivity contribution in [3.63, 3.8) is 0 Å². The molecule has 3 fully saturated rings. The molecule has 0 aromatic carbocycles. The number of nitrogens with one attached hydrogen (secondary N) is 1. The van der Waals surface area contributed by atoms with E-state index in [0.717, 1.165) is 24.5 Å². The second-order valence-corrected chi connectivity index (χ2v) is 7.54. The maximum absolute atomic E-state index is 4.62. The number of aromatic nitrogens is 1. The molecule has 104 valence electrons. The van der Waals surface area contributed by atoms with Crippen LogP contribution in [-0.4, -0.2) is 35.1 Å². The SMILES string of the molecule is c1nc(C2CC2)sc1CN(CC1CCCN1)C1CC1. The highest BCUT2D eigenvalue weighted by molar-refractivity contribution is 7.11. The molecular formula is C15H23N3S. The van der Waals surface area contributed by atoms with Crippen LogP contribution in [0.15, 0.2) is 6.20 Å². The Morgan fingerprint density at radius 1 is 1.26 bits per heavy atom. The molecule has 2 saturated carbocycles. The van der Waals surface area contributed by atoms with Gasteiger partial charge in [0.2, 0.25) is 0 Å². The zero-order valence-electron chi connectivity index (χ0n) is 11.5. The van der Waals surface area contributed by atoms with Crippen LogP contribution in [0.5, 0.6) is 0 Å². The van der Waals surface area contributed by atoms with E-state index in [2.05, 4.69) is 21.4 Å². The molecule has 2 aliphatic carbocycles. The molecule has 1 aliphatic heterocycles. The van der Waals surface area contributed by atoms with Crippen molar-refractivity contribution >= 4 is 11.3 Å². The monoisotopic (exact) mass is 277 g/mol. The van der Waals surface area contributed by atoms with Crippen LogP contribution in [0.25, 0.3) is 0 Å². The Balaban J connectivity index is 1.38. The maximum Gasteiger partial charge on any atom is 0.0959 e. The lowest BCUT2D eigenvalue weighted by Gasteiger charge is -2.24. The van der Waals surface area contributed by atoms with Gasteiger partial charge in [0, 0.05) is 42.2 Å². The Kier molecular flexibility index (Phi) is 3.34. The van der Waals surface area contributed by atoms with Crippen molar-refractivity contribution in [1.82, 2.24) is 15.2 Å². The lowest BCUT2D eigenvalue weighted by Crippen LogP contribution is -2.38. The molecular weight excluding hydrogens is 254 g/mol. The van der Waals surface area contributed by atoms with Crippen LogP contribution in [0.1, 0.15) is 54.3 Å². The molecule has 1 N–H and O–H groups in total. The molecule has 1 aromatic rings. The van der Waals surface area contributed by atoms with Crippen molar-refractivity contribution in [2.75, 3.05) is 13.1 Å². The number of hydrogen-bond acceptors (Lipinski definition) is 4. The standard InChI is InChI=1S/C15H23N3S/c1-2-12(16-7-1)9-18(13-5-6-13)10-14-8-17-15(19-14)11-3-4-11/h8,11-13,16H,1-7,9-10H2. The quantitative estimate of drug-likeness (QED) is 0.866. The van der Waals surface area contributed by atoms with Crippen molar-refractivity contribution in [3.8, 4) is 0 Å². The molecule has 1 unspecified atom stereocenters. The number of nitrogens with zero attached hydrogens (tertiary/aromatic N) is 2. The zero-order chi connectivity index (χ0) is 12.7. The van der Waals surface area contributed by atoms with Crippen LogP contribution in [0, 0.1) is 0 Å². The van der Waals surface area contributed by atoms with Gasteiger partial charge in [0.25, 0.3) is 0 Å². The van der Waals surface area contributed by atoms with Gasteiger partial charge in [0.15, 0.2) is 0 Å². The van der Waals surface area contributed by atoms with Gasteiger partial charge in [-0.1, -0.05) is 0 Å². The number of hydrogen-bond donors (Lipinski definition) is 1. The highest BCUT2D eigenvalue weighted by atomic mass is 32.1. The molecule has 1 aromatic heterocycles. The molecule has 0 bridgehead atoms. The predicted octanol–water partition coefficient (Wildman–Crippen LogP) is 2.74. The third-order valence-electron chi connectivity index (χ3n) is 4.54. The first-order valence-electron chi connectivity index (χ1n) is 7.80. The molecule has 19 heavy (non-hydrogen) atoms. The van der Waals surface area contributed by atoms with E-state index in [1.54, 1.807) is 0 Å². The summed E-state index contributed by atoms with van der Waals surface area (Å²) in [6.45, 7) is 3.59. The van der Waals surface area contributed by atoms with E-state index in [-0.39, 0.29) is 0 Å². The Morgan fingerprint density at radius 3 is 2.84 bits per heavy atom. The first kappa shape index (κ1) is 12.3. The summed E-state index contributed by atoms with van der Waals surface area (Å²) in [7, 11) is 0. The van der Waals surface area contributed by atoms with Crippen LogP contribution in [-0.2, 0) is 6.54 Å². The van der Waals surface area contributed by atoms with Crippen molar-refractivity contribution < 1.29 is 0 Å². The predicted molar refractivity (Wildman–Crippen MR) is 78.5 cm³/mol. The van der Waals surface area contributed by atoms with Gasteiger partial charge < -0.3 is 5.32 Å². The third-order valence-corrected chi connectivity index (χ3v) is 5.68. The van der Waals surface area contributed by atoms with Crippen LogP contribution >= 0.6 is 11.3 Å². The van der Waals surface area contributed by atoms with E-state index in [9.17, 15) is 0 Å². The van der Waals surface area contributed by atoms with Gasteiger partial charge in [0.05, 0.1) is 5.01 Å². The van der Waals surface area contributed by atoms with Crippen molar-refractivity contribution in [2.45, 2.75) is 63.1 Å². The van der Waals surface area contributed by atoms with E-state index in [4.69, 9.17) is 0 Å². The molecule has 2 heterocycles. The average molecular weight is 277 g/mol. The topological polar surface area (TPSA) is 28.2 Å². The summed E-state index contributed by atoms with van der Waals surface area (Å²) < 4.78 is 0. The molecule has 4 rings (SSSR count). The van der Waals surface area contributed by atoms with Gasteiger partial charge >= 0.3 is 0 Å². The van der Waals surface area contributed by atoms with E-state index in [1.165, 1.54) is 61.5 Å². The van der Waals surface area contributed by atoms with Gasteiger partial charge in [0.1, 0.15) is 0 Å². The van der Waals surface area contributed by atoms with Crippen molar-refractivity contribution in [3.05, 3.63) is 16.1 Å². The van der Waals surface area contributed by atoms with E-state index >= 15 is 0 Å². The van der Waals surface area contributed by atoms with Crippen LogP contribution in [0.2, 0.25) is 0 Å². The Labute approximate surface area is 119 Å². The van der Waals surface area contributed by atoms with E-state index in [0.29, 0.717) is 0 Å². The fraction of sp³-hybridized carbons (Fsp3) is 0.800. The minimum absolute atomic E-state index is 0.733. The Morgan fingerprint density at radius 2 is 2.16 bits per heavy atom. The van der Waals surface area contributed by atoms with Crippen LogP contribution in [0.4, 0.5) is 0 Å². The lowest BCUT2D eigenvalue weighted by molar-refractivity contribution is 0.233. The molecule has 0 spiro atoms. The van der Waals surface area contributed by atoms with Gasteiger partial charge in [-0.05, 0) is 45.1 Å². The van der Waals surface area contributed by atoms with Crippen LogP contribution < -0.4 is 5.32 Å². The molecule has 3 aliphatic rings. The average Bonchev–Trinajstić information content (AvgIpc) is 3.34. The molecule has 3 nitrogen and oxygen atoms in total. The second kappa shape index (κ2) is 5.15. The smallest absolute Gasteiger partial charge is 0.0959 e. The molecule has 0 amide bonds. The molecule has 4 heteroatoms. The second-order valence-electron chi connectivity index (χ2n) is 6.39. The summed E-state index contributed by atoms with van der Waals surface area (Å²) >= 11 is 1.96. The highest BCUT2D eigenvalue weighted by Crippen LogP contribution is 2.42. The minimum Gasteiger partial charge on any atom is -0.313 e. The van der Waals surface area contributed by atoms with Crippen molar-refractivity contribution in [1.29, 1.82) is 0 Å². The minimum atomic E-state index is 0.733. The Hall–Kier alpha value is -0.450. The molecule has 1 atom stereocenters. The van der Waals surface area contributed by atoms with Gasteiger partial charge in [-0.3, -0.25) is 4.90 Å². The fourth-order valence-electron chi connectivity index (χ4n) is 3.09. The lowest BCUT2D eigenvalue weighted by atomic mass is 10.2. The van der Waals surface area contributed by atoms with Crippen molar-refractivity contribution in [2.24, 2.45) is 0 Å². The first-order chi connectivity index (χ1) is 9.38. The first-order valence-corrected chi connectivity index (χ1v) is 8.62. The summed E-state index contributed by atoms with van der Waals surface area (Å²) in [6, 6.07) is 1.59. The fourth-order valence-corrected chi connectivity index (χ4v) is 4.21. The van der Waals surface area contributed by atoms with Crippen LogP contribution in [0.3, 0.4) is 0 Å².